The molecule has 0 bridgehead atoms. The number of hydrogen-bond acceptors (Lipinski definition) is 2. The summed E-state index contributed by atoms with van der Waals surface area (Å²) in [6.45, 7) is 4.62. The molecule has 0 aromatic heterocycles. The van der Waals surface area contributed by atoms with Gasteiger partial charge >= 0.3 is 0 Å². The minimum Gasteiger partial charge on any atom is -0.383 e. The highest BCUT2D eigenvalue weighted by molar-refractivity contribution is 6.31. The first-order valence-corrected chi connectivity index (χ1v) is 7.64. The smallest absolute Gasteiger partial charge is 0.124 e. The Bertz CT molecular complexity index is 446. The minimum absolute atomic E-state index is 0.0548. The van der Waals surface area contributed by atoms with E-state index in [9.17, 15) is 4.39 Å². The van der Waals surface area contributed by atoms with Crippen LogP contribution in [-0.4, -0.2) is 26.8 Å². The highest BCUT2D eigenvalue weighted by Crippen LogP contribution is 2.50. The van der Waals surface area contributed by atoms with E-state index in [2.05, 4.69) is 12.2 Å². The Morgan fingerprint density at radius 2 is 2.20 bits per heavy atom. The van der Waals surface area contributed by atoms with Gasteiger partial charge in [-0.3, -0.25) is 0 Å². The summed E-state index contributed by atoms with van der Waals surface area (Å²) in [6.07, 6.45) is 3.43. The number of hydrogen-bond donors (Lipinski definition) is 1. The zero-order valence-corrected chi connectivity index (χ0v) is 13.0. The fourth-order valence-corrected chi connectivity index (χ4v) is 3.58. The molecule has 2 rings (SSSR count). The molecule has 1 saturated carbocycles. The molecule has 0 saturated heterocycles. The maximum absolute atomic E-state index is 13.2. The maximum Gasteiger partial charge on any atom is 0.124 e. The van der Waals surface area contributed by atoms with E-state index >= 15 is 0 Å². The van der Waals surface area contributed by atoms with Gasteiger partial charge in [0, 0.05) is 30.6 Å². The highest BCUT2D eigenvalue weighted by atomic mass is 35.5. The van der Waals surface area contributed by atoms with E-state index in [1.807, 2.05) is 6.07 Å². The SMILES string of the molecule is CCC1CC(CNCCOC)(c2ccc(F)cc2Cl)C1. The molecule has 0 radical (unpaired) electrons. The Labute approximate surface area is 125 Å². The van der Waals surface area contributed by atoms with E-state index in [0.717, 1.165) is 37.4 Å². The molecule has 0 aliphatic heterocycles. The van der Waals surface area contributed by atoms with Gasteiger partial charge < -0.3 is 10.1 Å². The van der Waals surface area contributed by atoms with Crippen LogP contribution in [0.15, 0.2) is 18.2 Å². The number of nitrogens with one attached hydrogen (secondary N) is 1. The van der Waals surface area contributed by atoms with Gasteiger partial charge in [0.2, 0.25) is 0 Å². The molecule has 2 nitrogen and oxygen atoms in total. The van der Waals surface area contributed by atoms with Gasteiger partial charge in [-0.15, -0.1) is 0 Å². The fourth-order valence-electron chi connectivity index (χ4n) is 3.22. The molecule has 1 aliphatic carbocycles. The Hall–Kier alpha value is -0.640. The third kappa shape index (κ3) is 3.33. The van der Waals surface area contributed by atoms with Gasteiger partial charge in [0.05, 0.1) is 6.61 Å². The van der Waals surface area contributed by atoms with Crippen molar-refractivity contribution in [3.05, 3.63) is 34.6 Å². The quantitative estimate of drug-likeness (QED) is 0.774. The number of halogens is 2. The topological polar surface area (TPSA) is 21.3 Å². The van der Waals surface area contributed by atoms with Crippen molar-refractivity contribution < 1.29 is 9.13 Å². The van der Waals surface area contributed by atoms with Gasteiger partial charge in [0.25, 0.3) is 0 Å². The second kappa shape index (κ2) is 6.88. The van der Waals surface area contributed by atoms with Gasteiger partial charge in [0.15, 0.2) is 0 Å². The summed E-state index contributed by atoms with van der Waals surface area (Å²) in [5.41, 5.74) is 1.13. The van der Waals surface area contributed by atoms with Crippen LogP contribution in [0.25, 0.3) is 0 Å². The Morgan fingerprint density at radius 1 is 1.45 bits per heavy atom. The monoisotopic (exact) mass is 299 g/mol. The minimum atomic E-state index is -0.271. The molecule has 1 fully saturated rings. The molecule has 1 aromatic carbocycles. The molecular formula is C16H23ClFNO. The molecule has 112 valence electrons. The lowest BCUT2D eigenvalue weighted by Gasteiger charge is -2.49. The van der Waals surface area contributed by atoms with Gasteiger partial charge in [0.1, 0.15) is 5.82 Å². The fraction of sp³-hybridized carbons (Fsp3) is 0.625. The highest BCUT2D eigenvalue weighted by Gasteiger charge is 2.45. The van der Waals surface area contributed by atoms with Crippen LogP contribution in [0.3, 0.4) is 0 Å². The Morgan fingerprint density at radius 3 is 2.80 bits per heavy atom. The zero-order valence-electron chi connectivity index (χ0n) is 12.2. The van der Waals surface area contributed by atoms with Crippen molar-refractivity contribution in [2.75, 3.05) is 26.8 Å². The zero-order chi connectivity index (χ0) is 14.6. The standard InChI is InChI=1S/C16H23ClFNO/c1-3-12-9-16(10-12,11-19-6-7-20-2)14-5-4-13(18)8-15(14)17/h4-5,8,12,19H,3,6-7,9-11H2,1-2H3. The van der Waals surface area contributed by atoms with E-state index < -0.39 is 0 Å². The second-order valence-corrected chi connectivity index (χ2v) is 6.16. The predicted octanol–water partition coefficient (Wildman–Crippen LogP) is 3.77. The first kappa shape index (κ1) is 15.7. The third-order valence-electron chi connectivity index (χ3n) is 4.39. The summed E-state index contributed by atoms with van der Waals surface area (Å²) in [7, 11) is 1.70. The summed E-state index contributed by atoms with van der Waals surface area (Å²) >= 11 is 6.27. The summed E-state index contributed by atoms with van der Waals surface area (Å²) < 4.78 is 18.3. The average molecular weight is 300 g/mol. The van der Waals surface area contributed by atoms with Crippen LogP contribution in [0.4, 0.5) is 4.39 Å². The van der Waals surface area contributed by atoms with Gasteiger partial charge in [-0.2, -0.15) is 0 Å². The molecule has 1 aliphatic rings. The first-order chi connectivity index (χ1) is 9.61. The molecule has 0 heterocycles. The lowest BCUT2D eigenvalue weighted by Crippen LogP contribution is -2.49. The number of methoxy groups -OCH3 is 1. The van der Waals surface area contributed by atoms with E-state index in [1.165, 1.54) is 18.6 Å². The lowest BCUT2D eigenvalue weighted by atomic mass is 9.58. The Kier molecular flexibility index (Phi) is 5.42. The third-order valence-corrected chi connectivity index (χ3v) is 4.70. The molecule has 1 aromatic rings. The molecule has 0 spiro atoms. The molecule has 20 heavy (non-hydrogen) atoms. The van der Waals surface area contributed by atoms with Crippen molar-refractivity contribution in [3.8, 4) is 0 Å². The van der Waals surface area contributed by atoms with Crippen molar-refractivity contribution in [2.24, 2.45) is 5.92 Å². The second-order valence-electron chi connectivity index (χ2n) is 5.76. The first-order valence-electron chi connectivity index (χ1n) is 7.26. The van der Waals surface area contributed by atoms with Gasteiger partial charge in [-0.25, -0.2) is 4.39 Å². The van der Waals surface area contributed by atoms with Crippen molar-refractivity contribution >= 4 is 11.6 Å². The van der Waals surface area contributed by atoms with Crippen LogP contribution >= 0.6 is 11.6 Å². The number of rotatable bonds is 7. The lowest BCUT2D eigenvalue weighted by molar-refractivity contribution is 0.128. The van der Waals surface area contributed by atoms with E-state index in [1.54, 1.807) is 7.11 Å². The van der Waals surface area contributed by atoms with Crippen molar-refractivity contribution in [1.82, 2.24) is 5.32 Å². The summed E-state index contributed by atoms with van der Waals surface area (Å²) in [5, 5.41) is 3.99. The summed E-state index contributed by atoms with van der Waals surface area (Å²) in [5.74, 6) is 0.480. The van der Waals surface area contributed by atoms with Gasteiger partial charge in [-0.05, 0) is 36.5 Å². The van der Waals surface area contributed by atoms with Gasteiger partial charge in [-0.1, -0.05) is 31.0 Å². The molecule has 4 heteroatoms. The predicted molar refractivity (Wildman–Crippen MR) is 80.8 cm³/mol. The number of benzene rings is 1. The van der Waals surface area contributed by atoms with Crippen molar-refractivity contribution in [2.45, 2.75) is 31.6 Å². The molecule has 0 unspecified atom stereocenters. The summed E-state index contributed by atoms with van der Waals surface area (Å²) in [6, 6.07) is 4.78. The molecular weight excluding hydrogens is 277 g/mol. The maximum atomic E-state index is 13.2. The normalized spacial score (nSPS) is 25.5. The molecule has 1 N–H and O–H groups in total. The van der Waals surface area contributed by atoms with E-state index in [-0.39, 0.29) is 11.2 Å². The molecule has 0 atom stereocenters. The van der Waals surface area contributed by atoms with Crippen LogP contribution in [0, 0.1) is 11.7 Å². The molecule has 0 amide bonds. The van der Waals surface area contributed by atoms with Crippen molar-refractivity contribution in [3.63, 3.8) is 0 Å². The number of ether oxygens (including phenoxy) is 1. The van der Waals surface area contributed by atoms with E-state index in [4.69, 9.17) is 16.3 Å². The van der Waals surface area contributed by atoms with Crippen LogP contribution in [0.2, 0.25) is 5.02 Å². The van der Waals surface area contributed by atoms with Crippen LogP contribution < -0.4 is 5.32 Å². The Balaban J connectivity index is 2.11. The van der Waals surface area contributed by atoms with Crippen LogP contribution in [0.5, 0.6) is 0 Å². The average Bonchev–Trinajstić information content (AvgIpc) is 2.38. The van der Waals surface area contributed by atoms with Crippen molar-refractivity contribution in [1.29, 1.82) is 0 Å². The van der Waals surface area contributed by atoms with E-state index in [0.29, 0.717) is 11.6 Å². The summed E-state index contributed by atoms with van der Waals surface area (Å²) in [4.78, 5) is 0. The van der Waals surface area contributed by atoms with Crippen LogP contribution in [-0.2, 0) is 10.2 Å². The largest absolute Gasteiger partial charge is 0.383 e. The van der Waals surface area contributed by atoms with Crippen LogP contribution in [0.1, 0.15) is 31.7 Å².